The molecule has 8 rings (SSSR count). The zero-order valence-electron chi connectivity index (χ0n) is 27.8. The zero-order valence-corrected chi connectivity index (χ0v) is 22.8. The highest BCUT2D eigenvalue weighted by atomic mass is 19.2. The number of rotatable bonds is 5. The van der Waals surface area contributed by atoms with E-state index in [0.29, 0.717) is 13.1 Å². The van der Waals surface area contributed by atoms with Gasteiger partial charge in [-0.05, 0) is 55.8 Å². The summed E-state index contributed by atoms with van der Waals surface area (Å²) >= 11 is 0. The highest BCUT2D eigenvalue weighted by Gasteiger charge is 2.49. The molecule has 4 aliphatic heterocycles. The van der Waals surface area contributed by atoms with Gasteiger partial charge < -0.3 is 20.1 Å². The van der Waals surface area contributed by atoms with Crippen molar-refractivity contribution in [1.29, 1.82) is 0 Å². The third kappa shape index (κ3) is 4.36. The Morgan fingerprint density at radius 2 is 1.95 bits per heavy atom. The summed E-state index contributed by atoms with van der Waals surface area (Å²) in [6.07, 6.45) is -0.532. The van der Waals surface area contributed by atoms with Crippen molar-refractivity contribution < 1.29 is 34.3 Å². The number of phenolic OH excluding ortho intramolecular Hbond substituents is 1. The number of anilines is 1. The van der Waals surface area contributed by atoms with E-state index in [1.807, 2.05) is 4.90 Å². The average Bonchev–Trinajstić information content (AvgIpc) is 3.61. The Balaban J connectivity index is 1.30. The summed E-state index contributed by atoms with van der Waals surface area (Å²) in [5.74, 6) is -3.72. The molecule has 4 aliphatic rings. The molecule has 8 nitrogen and oxygen atoms in total. The van der Waals surface area contributed by atoms with Gasteiger partial charge in [-0.3, -0.25) is 9.88 Å². The third-order valence-electron chi connectivity index (χ3n) is 8.91. The maximum atomic E-state index is 16.7. The van der Waals surface area contributed by atoms with Crippen LogP contribution in [-0.2, 0) is 0 Å². The number of aromatic hydroxyl groups is 1. The van der Waals surface area contributed by atoms with Gasteiger partial charge >= 0.3 is 6.01 Å². The van der Waals surface area contributed by atoms with Gasteiger partial charge in [0.05, 0.1) is 15.0 Å². The second-order valence-corrected chi connectivity index (χ2v) is 11.7. The van der Waals surface area contributed by atoms with Crippen LogP contribution in [0.4, 0.5) is 23.4 Å². The van der Waals surface area contributed by atoms with Crippen LogP contribution < -0.4 is 15.0 Å². The Bertz CT molecular complexity index is 1990. The van der Waals surface area contributed by atoms with Crippen LogP contribution >= 0.6 is 0 Å². The molecule has 0 aliphatic carbocycles. The Labute approximate surface area is 251 Å². The Morgan fingerprint density at radius 3 is 2.77 bits per heavy atom. The van der Waals surface area contributed by atoms with E-state index in [4.69, 9.17) is 11.6 Å². The molecule has 4 atom stereocenters. The van der Waals surface area contributed by atoms with Crippen LogP contribution in [-0.4, -0.2) is 81.4 Å². The number of phenols is 1. The van der Waals surface area contributed by atoms with Crippen LogP contribution in [0.3, 0.4) is 0 Å². The molecule has 0 amide bonds. The molecule has 2 N–H and O–H groups in total. The molecule has 43 heavy (non-hydrogen) atoms. The fourth-order valence-corrected chi connectivity index (χ4v) is 6.94. The van der Waals surface area contributed by atoms with Crippen molar-refractivity contribution in [1.82, 2.24) is 25.2 Å². The van der Waals surface area contributed by atoms with Crippen LogP contribution in [0.2, 0.25) is 0 Å². The van der Waals surface area contributed by atoms with Gasteiger partial charge in [-0.1, -0.05) is 6.07 Å². The Morgan fingerprint density at radius 1 is 1.14 bits per heavy atom. The fourth-order valence-electron chi connectivity index (χ4n) is 6.94. The van der Waals surface area contributed by atoms with Gasteiger partial charge in [0.1, 0.15) is 35.5 Å². The number of hydrogen-bond donors (Lipinski definition) is 2. The van der Waals surface area contributed by atoms with Gasteiger partial charge in [-0.15, -0.1) is 0 Å². The lowest BCUT2D eigenvalue weighted by Gasteiger charge is -2.34. The molecule has 2 bridgehead atoms. The number of fused-ring (bicyclic) bond motifs is 5. The summed E-state index contributed by atoms with van der Waals surface area (Å²) in [6.45, 7) is -4.67. The number of nitrogens with zero attached hydrogens (tertiary/aromatic N) is 5. The molecule has 0 unspecified atom stereocenters. The molecule has 2 aromatic heterocycles. The summed E-state index contributed by atoms with van der Waals surface area (Å²) in [7, 11) is 0. The van der Waals surface area contributed by atoms with E-state index in [1.54, 1.807) is 0 Å². The molecule has 6 heterocycles. The van der Waals surface area contributed by atoms with E-state index in [1.165, 1.54) is 18.3 Å². The molecule has 0 spiro atoms. The smallest absolute Gasteiger partial charge is 0.319 e. The fraction of sp³-hybridized carbons (Fsp3) is 0.452. The number of nitrogens with one attached hydrogen (secondary N) is 1. The number of benzene rings is 2. The number of pyridine rings is 1. The summed E-state index contributed by atoms with van der Waals surface area (Å²) in [5, 5.41) is 13.8. The van der Waals surface area contributed by atoms with Crippen LogP contribution in [0.5, 0.6) is 11.8 Å². The van der Waals surface area contributed by atoms with Gasteiger partial charge in [0.25, 0.3) is 0 Å². The highest BCUT2D eigenvalue weighted by molar-refractivity contribution is 6.00. The minimum Gasteiger partial charge on any atom is -0.508 e. The van der Waals surface area contributed by atoms with E-state index < -0.39 is 66.9 Å². The Hall–Kier alpha value is -3.77. The van der Waals surface area contributed by atoms with Gasteiger partial charge in [0, 0.05) is 58.0 Å². The first kappa shape index (κ1) is 21.8. The van der Waals surface area contributed by atoms with E-state index in [-0.39, 0.29) is 63.7 Å². The normalized spacial score (nSPS) is 31.9. The van der Waals surface area contributed by atoms with Crippen molar-refractivity contribution in [3.8, 4) is 23.0 Å². The van der Waals surface area contributed by atoms with E-state index in [9.17, 15) is 9.50 Å². The molecule has 4 aromatic rings. The maximum absolute atomic E-state index is 16.7. The minimum absolute atomic E-state index is 0.0946. The first-order valence-electron chi connectivity index (χ1n) is 16.7. The van der Waals surface area contributed by atoms with Crippen LogP contribution in [0.1, 0.15) is 39.0 Å². The molecular weight excluding hydrogens is 564 g/mol. The zero-order chi connectivity index (χ0) is 34.0. The van der Waals surface area contributed by atoms with Crippen molar-refractivity contribution >= 4 is 27.5 Å². The summed E-state index contributed by atoms with van der Waals surface area (Å²) in [6, 6.07) is 3.98. The molecule has 0 radical (unpaired) electrons. The lowest BCUT2D eigenvalue weighted by molar-refractivity contribution is 0.107. The van der Waals surface area contributed by atoms with Crippen LogP contribution in [0.25, 0.3) is 32.9 Å². The topological polar surface area (TPSA) is 86.6 Å². The molecule has 2 aromatic carbocycles. The van der Waals surface area contributed by atoms with Crippen molar-refractivity contribution in [2.45, 2.75) is 55.9 Å². The van der Waals surface area contributed by atoms with Gasteiger partial charge in [-0.25, -0.2) is 17.6 Å². The maximum Gasteiger partial charge on any atom is 0.319 e. The quantitative estimate of drug-likeness (QED) is 0.315. The average molecular weight is 600 g/mol. The SMILES string of the molecule is [2H]C1([2H])CC[C@@]2(C([2H])([2H])Oc3nc(N4C[C@H]5CC[C@@H](C4)N5)c4cnc(-c5cc(O)cc6ccc(F)c(F)c56)c(F)c4n3)C[C@@]([2H])(F)CN12. The van der Waals surface area contributed by atoms with Crippen LogP contribution in [0.15, 0.2) is 30.5 Å². The summed E-state index contributed by atoms with van der Waals surface area (Å²) in [5.41, 5.74) is -2.97. The number of aromatic nitrogens is 3. The predicted molar refractivity (Wildman–Crippen MR) is 153 cm³/mol. The van der Waals surface area contributed by atoms with E-state index >= 15 is 13.2 Å². The minimum atomic E-state index is -2.84. The van der Waals surface area contributed by atoms with Crippen molar-refractivity contribution in [3.05, 3.63) is 47.9 Å². The first-order valence-corrected chi connectivity index (χ1v) is 14.2. The number of alkyl halides is 1. The van der Waals surface area contributed by atoms with Crippen molar-refractivity contribution in [2.75, 3.05) is 37.6 Å². The van der Waals surface area contributed by atoms with Gasteiger partial charge in [0.15, 0.2) is 17.5 Å². The lowest BCUT2D eigenvalue weighted by atomic mass is 9.95. The summed E-state index contributed by atoms with van der Waals surface area (Å²) < 4.78 is 110. The highest BCUT2D eigenvalue weighted by Crippen LogP contribution is 2.42. The molecule has 12 heteroatoms. The number of hydrogen-bond acceptors (Lipinski definition) is 8. The monoisotopic (exact) mass is 599 g/mol. The standard InChI is InChI=1S/C31H30F4N6O2/c32-17-10-31(6-1-7-41(31)12-17)15-43-30-38-28-22(29(39-30)40-13-18-3-4-19(14-40)37-18)11-36-27(26(28)35)21-9-20(42)8-16-2-5-23(33)25(34)24(16)21/h2,5,8-9,11,17-19,37,42H,1,3-4,6-7,10,12-15H2/t17-,18-,19+,31+/m1/s1/i7D2,15D2,17D. The molecule has 0 saturated carbocycles. The number of halogens is 4. The second-order valence-electron chi connectivity index (χ2n) is 11.7. The lowest BCUT2D eigenvalue weighted by Crippen LogP contribution is -2.51. The molecule has 4 fully saturated rings. The molecule has 224 valence electrons. The Kier molecular flexibility index (Phi) is 5.02. The second kappa shape index (κ2) is 9.88. The largest absolute Gasteiger partial charge is 0.508 e. The number of ether oxygens (including phenoxy) is 1. The van der Waals surface area contributed by atoms with E-state index in [2.05, 4.69) is 20.3 Å². The van der Waals surface area contributed by atoms with E-state index in [0.717, 1.165) is 29.9 Å². The van der Waals surface area contributed by atoms with Crippen molar-refractivity contribution in [3.63, 3.8) is 0 Å². The number of piperazine rings is 1. The molecule has 4 saturated heterocycles. The first-order chi connectivity index (χ1) is 22.6. The predicted octanol–water partition coefficient (Wildman–Crippen LogP) is 4.86. The van der Waals surface area contributed by atoms with Crippen LogP contribution in [0, 0.1) is 17.5 Å². The summed E-state index contributed by atoms with van der Waals surface area (Å²) in [4.78, 5) is 15.9. The van der Waals surface area contributed by atoms with Gasteiger partial charge in [-0.2, -0.15) is 9.97 Å². The van der Waals surface area contributed by atoms with Gasteiger partial charge in [0.2, 0.25) is 0 Å². The molecular formula is C31H30F4N6O2. The van der Waals surface area contributed by atoms with Crippen molar-refractivity contribution in [2.24, 2.45) is 0 Å². The third-order valence-corrected chi connectivity index (χ3v) is 8.91.